The third kappa shape index (κ3) is 8.26. The first-order chi connectivity index (χ1) is 17.1. The molecule has 0 fully saturated rings. The summed E-state index contributed by atoms with van der Waals surface area (Å²) in [7, 11) is 8.18. The molecule has 1 unspecified atom stereocenters. The lowest BCUT2D eigenvalue weighted by Crippen LogP contribution is -2.28. The Hall–Kier alpha value is -3.06. The zero-order valence-corrected chi connectivity index (χ0v) is 22.8. The first-order valence-electron chi connectivity index (χ1n) is 12.3. The lowest BCUT2D eigenvalue weighted by atomic mass is 9.70. The van der Waals surface area contributed by atoms with Crippen LogP contribution in [0.15, 0.2) is 42.5 Å². The zero-order chi connectivity index (χ0) is 26.7. The molecular weight excluding hydrogens is 458 g/mol. The van der Waals surface area contributed by atoms with Crippen LogP contribution < -0.4 is 9.47 Å². The van der Waals surface area contributed by atoms with Gasteiger partial charge in [0.1, 0.15) is 0 Å². The van der Waals surface area contributed by atoms with Crippen molar-refractivity contribution in [1.29, 1.82) is 0 Å². The molecule has 0 aliphatic rings. The van der Waals surface area contributed by atoms with Crippen LogP contribution >= 0.6 is 0 Å². The molecule has 0 aromatic heterocycles. The molecule has 198 valence electrons. The molecule has 36 heavy (non-hydrogen) atoms. The van der Waals surface area contributed by atoms with E-state index in [2.05, 4.69) is 31.9 Å². The largest absolute Gasteiger partial charge is 0.493 e. The Morgan fingerprint density at radius 3 is 2.28 bits per heavy atom. The van der Waals surface area contributed by atoms with Crippen molar-refractivity contribution in [2.24, 2.45) is 5.41 Å². The average Bonchev–Trinajstić information content (AvgIpc) is 2.88. The molecule has 0 amide bonds. The van der Waals surface area contributed by atoms with Crippen LogP contribution in [0.2, 0.25) is 0 Å². The van der Waals surface area contributed by atoms with Gasteiger partial charge in [-0.2, -0.15) is 0 Å². The Balaban J connectivity index is 2.06. The Bertz CT molecular complexity index is 1000. The summed E-state index contributed by atoms with van der Waals surface area (Å²) in [6.07, 6.45) is 3.03. The third-order valence-electron chi connectivity index (χ3n) is 6.74. The normalized spacial score (nSPS) is 12.2. The number of likely N-dealkylation sites (N-methyl/N-ethyl adjacent to an activating group) is 1. The highest BCUT2D eigenvalue weighted by molar-refractivity contribution is 5.89. The Labute approximate surface area is 215 Å². The smallest absolute Gasteiger partial charge is 0.337 e. The first kappa shape index (κ1) is 29.2. The van der Waals surface area contributed by atoms with Crippen LogP contribution in [-0.2, 0) is 20.7 Å². The van der Waals surface area contributed by atoms with E-state index in [1.807, 2.05) is 30.3 Å². The molecular formula is C29H41NO6. The molecule has 0 N–H and O–H groups in total. The summed E-state index contributed by atoms with van der Waals surface area (Å²) in [5, 5.41) is 0. The fourth-order valence-electron chi connectivity index (χ4n) is 4.61. The van der Waals surface area contributed by atoms with Crippen molar-refractivity contribution < 1.29 is 28.5 Å². The number of carbonyl (C=O) groups is 2. The average molecular weight is 500 g/mol. The molecule has 0 saturated carbocycles. The fourth-order valence-corrected chi connectivity index (χ4v) is 4.61. The summed E-state index contributed by atoms with van der Waals surface area (Å²) in [4.78, 5) is 26.3. The van der Waals surface area contributed by atoms with Gasteiger partial charge in [0.05, 0.1) is 40.4 Å². The van der Waals surface area contributed by atoms with E-state index in [1.165, 1.54) is 14.2 Å². The topological polar surface area (TPSA) is 74.3 Å². The van der Waals surface area contributed by atoms with Crippen LogP contribution in [0.3, 0.4) is 0 Å². The van der Waals surface area contributed by atoms with Gasteiger partial charge in [-0.1, -0.05) is 32.0 Å². The van der Waals surface area contributed by atoms with E-state index in [4.69, 9.17) is 18.9 Å². The summed E-state index contributed by atoms with van der Waals surface area (Å²) >= 11 is 0. The molecule has 0 saturated heterocycles. The molecule has 0 spiro atoms. The lowest BCUT2D eigenvalue weighted by Gasteiger charge is -2.35. The highest BCUT2D eigenvalue weighted by atomic mass is 16.5. The van der Waals surface area contributed by atoms with Crippen molar-refractivity contribution in [1.82, 2.24) is 4.90 Å². The minimum atomic E-state index is -0.319. The van der Waals surface area contributed by atoms with Gasteiger partial charge < -0.3 is 23.8 Å². The predicted octanol–water partition coefficient (Wildman–Crippen LogP) is 5.12. The van der Waals surface area contributed by atoms with Crippen molar-refractivity contribution in [3.05, 3.63) is 59.2 Å². The van der Waals surface area contributed by atoms with Gasteiger partial charge in [0, 0.05) is 6.54 Å². The summed E-state index contributed by atoms with van der Waals surface area (Å²) < 4.78 is 20.7. The highest BCUT2D eigenvalue weighted by Gasteiger charge is 2.33. The number of rotatable bonds is 14. The van der Waals surface area contributed by atoms with Crippen molar-refractivity contribution >= 4 is 11.9 Å². The van der Waals surface area contributed by atoms with E-state index in [1.54, 1.807) is 20.3 Å². The maximum Gasteiger partial charge on any atom is 0.337 e. The third-order valence-corrected chi connectivity index (χ3v) is 6.74. The minimum absolute atomic E-state index is 0.126. The molecule has 0 heterocycles. The number of hydrogen-bond acceptors (Lipinski definition) is 7. The molecule has 7 nitrogen and oxygen atoms in total. The molecule has 0 radical (unpaired) electrons. The van der Waals surface area contributed by atoms with Gasteiger partial charge in [-0.05, 0) is 79.6 Å². The molecule has 0 aliphatic heterocycles. The van der Waals surface area contributed by atoms with E-state index in [9.17, 15) is 9.59 Å². The van der Waals surface area contributed by atoms with Crippen molar-refractivity contribution in [3.63, 3.8) is 0 Å². The van der Waals surface area contributed by atoms with Gasteiger partial charge in [0.2, 0.25) is 0 Å². The van der Waals surface area contributed by atoms with Crippen molar-refractivity contribution in [2.45, 2.75) is 45.4 Å². The monoisotopic (exact) mass is 499 g/mol. The number of nitrogens with zero attached hydrogens (tertiary/aromatic N) is 1. The number of ether oxygens (including phenoxy) is 4. The van der Waals surface area contributed by atoms with Crippen LogP contribution in [0.25, 0.3) is 0 Å². The summed E-state index contributed by atoms with van der Waals surface area (Å²) in [5.74, 6) is 0.959. The predicted molar refractivity (Wildman–Crippen MR) is 141 cm³/mol. The minimum Gasteiger partial charge on any atom is -0.493 e. The molecule has 2 rings (SSSR count). The number of carbonyl (C=O) groups excluding carboxylic acids is 2. The summed E-state index contributed by atoms with van der Waals surface area (Å²) in [6, 6.07) is 13.6. The van der Waals surface area contributed by atoms with Crippen LogP contribution in [0.4, 0.5) is 0 Å². The van der Waals surface area contributed by atoms with Gasteiger partial charge in [0.25, 0.3) is 0 Å². The molecule has 1 atom stereocenters. The van der Waals surface area contributed by atoms with Crippen LogP contribution in [-0.4, -0.2) is 65.4 Å². The Morgan fingerprint density at radius 2 is 1.64 bits per heavy atom. The van der Waals surface area contributed by atoms with Gasteiger partial charge in [-0.25, -0.2) is 4.79 Å². The second kappa shape index (κ2) is 13.9. The van der Waals surface area contributed by atoms with Crippen LogP contribution in [0, 0.1) is 5.41 Å². The standard InChI is InChI=1S/C29H41NO6/c1-29(2,20-27(31)35-6)24(22-13-14-25(33-4)26(19-22)34-5)12-9-16-30(3)17-15-21-10-8-11-23(18-21)28(32)36-7/h8,10-11,13-14,18-19,24H,9,12,15-17,20H2,1-7H3. The van der Waals surface area contributed by atoms with Gasteiger partial charge >= 0.3 is 11.9 Å². The van der Waals surface area contributed by atoms with Gasteiger partial charge in [0.15, 0.2) is 11.5 Å². The fraction of sp³-hybridized carbons (Fsp3) is 0.517. The quantitative estimate of drug-likeness (QED) is 0.334. The van der Waals surface area contributed by atoms with Gasteiger partial charge in [-0.3, -0.25) is 4.79 Å². The Morgan fingerprint density at radius 1 is 0.917 bits per heavy atom. The van der Waals surface area contributed by atoms with E-state index in [0.717, 1.165) is 43.5 Å². The highest BCUT2D eigenvalue weighted by Crippen LogP contribution is 2.44. The van der Waals surface area contributed by atoms with E-state index in [0.29, 0.717) is 23.5 Å². The first-order valence-corrected chi connectivity index (χ1v) is 12.3. The van der Waals surface area contributed by atoms with E-state index < -0.39 is 0 Å². The molecule has 2 aromatic rings. The Kier molecular flexibility index (Phi) is 11.2. The van der Waals surface area contributed by atoms with Crippen LogP contribution in [0.1, 0.15) is 60.5 Å². The molecule has 2 aromatic carbocycles. The van der Waals surface area contributed by atoms with Crippen molar-refractivity contribution in [3.8, 4) is 11.5 Å². The van der Waals surface area contributed by atoms with Crippen LogP contribution in [0.5, 0.6) is 11.5 Å². The SMILES string of the molecule is COC(=O)CC(C)(C)C(CCCN(C)CCc1cccc(C(=O)OC)c1)c1ccc(OC)c(OC)c1. The molecule has 0 aliphatic carbocycles. The number of benzene rings is 2. The van der Waals surface area contributed by atoms with E-state index in [-0.39, 0.29) is 23.3 Å². The second-order valence-corrected chi connectivity index (χ2v) is 9.80. The molecule has 0 bridgehead atoms. The van der Waals surface area contributed by atoms with Gasteiger partial charge in [-0.15, -0.1) is 0 Å². The zero-order valence-electron chi connectivity index (χ0n) is 22.8. The summed E-state index contributed by atoms with van der Waals surface area (Å²) in [6.45, 7) is 6.01. The molecule has 7 heteroatoms. The number of methoxy groups -OCH3 is 4. The maximum atomic E-state index is 12.2. The van der Waals surface area contributed by atoms with Crippen molar-refractivity contribution in [2.75, 3.05) is 48.6 Å². The lowest BCUT2D eigenvalue weighted by molar-refractivity contribution is -0.143. The second-order valence-electron chi connectivity index (χ2n) is 9.80. The number of esters is 2. The maximum absolute atomic E-state index is 12.2. The van der Waals surface area contributed by atoms with E-state index >= 15 is 0 Å². The summed E-state index contributed by atoms with van der Waals surface area (Å²) in [5.41, 5.74) is 2.49. The number of hydrogen-bond donors (Lipinski definition) is 0.